The number of aromatic hydroxyl groups is 2. The van der Waals surface area contributed by atoms with Gasteiger partial charge in [-0.2, -0.15) is 5.10 Å². The van der Waals surface area contributed by atoms with Gasteiger partial charge >= 0.3 is 0 Å². The molecule has 0 bridgehead atoms. The maximum absolute atomic E-state index is 9.94. The third-order valence-corrected chi connectivity index (χ3v) is 4.95. The van der Waals surface area contributed by atoms with Crippen LogP contribution >= 0.6 is 11.3 Å². The highest BCUT2D eigenvalue weighted by Crippen LogP contribution is 2.35. The SMILES string of the molecule is C/C(=N\Nc1ncnc2sc3ccccc3c12)c1cc(O)ccc1O. The van der Waals surface area contributed by atoms with E-state index in [0.717, 1.165) is 20.3 Å². The number of hydrogen-bond donors (Lipinski definition) is 3. The lowest BCUT2D eigenvalue weighted by atomic mass is 10.1. The van der Waals surface area contributed by atoms with Gasteiger partial charge in [0.05, 0.1) is 11.1 Å². The molecule has 124 valence electrons. The van der Waals surface area contributed by atoms with Crippen LogP contribution in [0.1, 0.15) is 12.5 Å². The molecule has 0 saturated heterocycles. The predicted molar refractivity (Wildman–Crippen MR) is 101 cm³/mol. The number of nitrogens with one attached hydrogen (secondary N) is 1. The quantitative estimate of drug-likeness (QED) is 0.294. The molecule has 6 nitrogen and oxygen atoms in total. The molecule has 7 heteroatoms. The second kappa shape index (κ2) is 6.03. The summed E-state index contributed by atoms with van der Waals surface area (Å²) in [4.78, 5) is 9.52. The van der Waals surface area contributed by atoms with E-state index in [1.54, 1.807) is 18.3 Å². The number of rotatable bonds is 3. The van der Waals surface area contributed by atoms with Crippen LogP contribution in [-0.4, -0.2) is 25.9 Å². The van der Waals surface area contributed by atoms with E-state index in [1.807, 2.05) is 24.3 Å². The number of hydrazone groups is 1. The summed E-state index contributed by atoms with van der Waals surface area (Å²) in [5.74, 6) is 0.715. The zero-order valence-corrected chi connectivity index (χ0v) is 14.1. The van der Waals surface area contributed by atoms with Crippen molar-refractivity contribution in [1.29, 1.82) is 0 Å². The summed E-state index contributed by atoms with van der Waals surface area (Å²) in [6, 6.07) is 12.4. The summed E-state index contributed by atoms with van der Waals surface area (Å²) in [5, 5.41) is 25.8. The third kappa shape index (κ3) is 2.74. The van der Waals surface area contributed by atoms with Crippen molar-refractivity contribution in [3.05, 3.63) is 54.4 Å². The number of hydrogen-bond acceptors (Lipinski definition) is 7. The van der Waals surface area contributed by atoms with Crippen LogP contribution in [0.3, 0.4) is 0 Å². The fourth-order valence-corrected chi connectivity index (χ4v) is 3.70. The molecule has 3 N–H and O–H groups in total. The lowest BCUT2D eigenvalue weighted by Crippen LogP contribution is -2.01. The monoisotopic (exact) mass is 350 g/mol. The van der Waals surface area contributed by atoms with E-state index in [-0.39, 0.29) is 11.5 Å². The van der Waals surface area contributed by atoms with Crippen molar-refractivity contribution in [2.75, 3.05) is 5.43 Å². The molecule has 2 heterocycles. The van der Waals surface area contributed by atoms with Crippen molar-refractivity contribution >= 4 is 43.2 Å². The molecule has 2 aromatic heterocycles. The predicted octanol–water partition coefficient (Wildman–Crippen LogP) is 4.09. The van der Waals surface area contributed by atoms with Crippen LogP contribution in [-0.2, 0) is 0 Å². The Kier molecular flexibility index (Phi) is 3.70. The highest BCUT2D eigenvalue weighted by atomic mass is 32.1. The van der Waals surface area contributed by atoms with Crippen LogP contribution < -0.4 is 5.43 Å². The first-order valence-corrected chi connectivity index (χ1v) is 8.40. The summed E-state index contributed by atoms with van der Waals surface area (Å²) >= 11 is 1.60. The zero-order chi connectivity index (χ0) is 17.4. The van der Waals surface area contributed by atoms with Crippen LogP contribution in [0.4, 0.5) is 5.82 Å². The number of fused-ring (bicyclic) bond motifs is 3. The summed E-state index contributed by atoms with van der Waals surface area (Å²) in [5.41, 5.74) is 3.94. The Morgan fingerprint density at radius 1 is 1.12 bits per heavy atom. The van der Waals surface area contributed by atoms with Gasteiger partial charge in [-0.15, -0.1) is 11.3 Å². The first-order valence-electron chi connectivity index (χ1n) is 7.58. The Bertz CT molecular complexity index is 1120. The maximum atomic E-state index is 9.94. The van der Waals surface area contributed by atoms with Gasteiger partial charge in [0.1, 0.15) is 22.7 Å². The summed E-state index contributed by atoms with van der Waals surface area (Å²) in [6.07, 6.45) is 1.50. The molecule has 0 aliphatic carbocycles. The molecule has 0 spiro atoms. The molecule has 4 rings (SSSR count). The third-order valence-electron chi connectivity index (χ3n) is 3.87. The van der Waals surface area contributed by atoms with Crippen molar-refractivity contribution in [1.82, 2.24) is 9.97 Å². The molecule has 0 amide bonds. The fourth-order valence-electron chi connectivity index (χ4n) is 2.65. The molecule has 4 aromatic rings. The number of thiophene rings is 1. The number of aromatic nitrogens is 2. The number of nitrogens with zero attached hydrogens (tertiary/aromatic N) is 3. The molecular formula is C18H14N4O2S. The van der Waals surface area contributed by atoms with Gasteiger partial charge in [0.25, 0.3) is 0 Å². The van der Waals surface area contributed by atoms with E-state index >= 15 is 0 Å². The van der Waals surface area contributed by atoms with Gasteiger partial charge in [-0.25, -0.2) is 9.97 Å². The minimum Gasteiger partial charge on any atom is -0.508 e. The first kappa shape index (κ1) is 15.3. The average molecular weight is 350 g/mol. The molecule has 0 radical (unpaired) electrons. The highest BCUT2D eigenvalue weighted by molar-refractivity contribution is 7.25. The molecule has 0 saturated carbocycles. The average Bonchev–Trinajstić information content (AvgIpc) is 3.01. The Morgan fingerprint density at radius 3 is 2.84 bits per heavy atom. The maximum Gasteiger partial charge on any atom is 0.159 e. The number of phenols is 2. The van der Waals surface area contributed by atoms with Gasteiger partial charge in [0.2, 0.25) is 0 Å². The van der Waals surface area contributed by atoms with Crippen LogP contribution in [0.25, 0.3) is 20.3 Å². The molecule has 0 aliphatic heterocycles. The van der Waals surface area contributed by atoms with Crippen molar-refractivity contribution in [3.8, 4) is 11.5 Å². The van der Waals surface area contributed by atoms with E-state index in [1.165, 1.54) is 24.5 Å². The number of benzene rings is 2. The first-order chi connectivity index (χ1) is 12.1. The van der Waals surface area contributed by atoms with Crippen LogP contribution in [0.5, 0.6) is 11.5 Å². The van der Waals surface area contributed by atoms with Gasteiger partial charge < -0.3 is 10.2 Å². The van der Waals surface area contributed by atoms with Crippen LogP contribution in [0, 0.1) is 0 Å². The molecule has 0 aliphatic rings. The summed E-state index contributed by atoms with van der Waals surface area (Å²) < 4.78 is 1.13. The van der Waals surface area contributed by atoms with E-state index in [2.05, 4.69) is 20.5 Å². The van der Waals surface area contributed by atoms with Crippen molar-refractivity contribution in [2.45, 2.75) is 6.92 Å². The largest absolute Gasteiger partial charge is 0.508 e. The van der Waals surface area contributed by atoms with Gasteiger partial charge in [-0.1, -0.05) is 18.2 Å². The standard InChI is InChI=1S/C18H14N4O2S/c1-10(13-8-11(23)6-7-14(13)24)21-22-17-16-12-4-2-3-5-15(12)25-18(16)20-9-19-17/h2-9,23-24H,1H3,(H,19,20,22)/b21-10+. The minimum absolute atomic E-state index is 0.0506. The Balaban J connectivity index is 1.77. The van der Waals surface area contributed by atoms with Crippen LogP contribution in [0.15, 0.2) is 53.9 Å². The lowest BCUT2D eigenvalue weighted by molar-refractivity contribution is 0.459. The van der Waals surface area contributed by atoms with Gasteiger partial charge in [0.15, 0.2) is 5.82 Å². The van der Waals surface area contributed by atoms with Crippen LogP contribution in [0.2, 0.25) is 0 Å². The second-order valence-electron chi connectivity index (χ2n) is 5.51. The Hall–Kier alpha value is -3.19. The van der Waals surface area contributed by atoms with E-state index in [9.17, 15) is 10.2 Å². The number of phenolic OH excluding ortho intramolecular Hbond substituents is 2. The molecule has 2 aromatic carbocycles. The van der Waals surface area contributed by atoms with Crippen molar-refractivity contribution in [2.24, 2.45) is 5.10 Å². The minimum atomic E-state index is 0.0506. The molecule has 25 heavy (non-hydrogen) atoms. The smallest absolute Gasteiger partial charge is 0.159 e. The van der Waals surface area contributed by atoms with E-state index < -0.39 is 0 Å². The summed E-state index contributed by atoms with van der Waals surface area (Å²) in [7, 11) is 0. The Labute approximate surface area is 147 Å². The van der Waals surface area contributed by atoms with Gasteiger partial charge in [0, 0.05) is 15.6 Å². The molecule has 0 fully saturated rings. The van der Waals surface area contributed by atoms with E-state index in [0.29, 0.717) is 17.1 Å². The fraction of sp³-hybridized carbons (Fsp3) is 0.0556. The molecular weight excluding hydrogens is 336 g/mol. The highest BCUT2D eigenvalue weighted by Gasteiger charge is 2.11. The van der Waals surface area contributed by atoms with Crippen molar-refractivity contribution < 1.29 is 10.2 Å². The molecule has 0 unspecified atom stereocenters. The zero-order valence-electron chi connectivity index (χ0n) is 13.3. The van der Waals surface area contributed by atoms with Crippen molar-refractivity contribution in [3.63, 3.8) is 0 Å². The normalized spacial score (nSPS) is 12.0. The Morgan fingerprint density at radius 2 is 1.96 bits per heavy atom. The molecule has 0 atom stereocenters. The topological polar surface area (TPSA) is 90.6 Å². The number of anilines is 1. The van der Waals surface area contributed by atoms with Gasteiger partial charge in [-0.3, -0.25) is 5.43 Å². The van der Waals surface area contributed by atoms with E-state index in [4.69, 9.17) is 0 Å². The van der Waals surface area contributed by atoms with Gasteiger partial charge in [-0.05, 0) is 31.2 Å². The second-order valence-corrected chi connectivity index (χ2v) is 6.54. The lowest BCUT2D eigenvalue weighted by Gasteiger charge is -2.06. The summed E-state index contributed by atoms with van der Waals surface area (Å²) in [6.45, 7) is 1.74.